The van der Waals surface area contributed by atoms with Gasteiger partial charge in [-0.05, 0) is 54.3 Å². The molecule has 3 aromatic carbocycles. The molecule has 2 aliphatic rings. The van der Waals surface area contributed by atoms with Gasteiger partial charge in [0.1, 0.15) is 24.0 Å². The number of ether oxygens (including phenoxy) is 1. The minimum atomic E-state index is -0.580. The van der Waals surface area contributed by atoms with Crippen LogP contribution in [0.25, 0.3) is 22.6 Å². The van der Waals surface area contributed by atoms with Crippen LogP contribution in [0, 0.1) is 6.54 Å². The van der Waals surface area contributed by atoms with Crippen LogP contribution in [0.2, 0.25) is 5.02 Å². The Kier molecular flexibility index (Phi) is 6.67. The topological polar surface area (TPSA) is 62.0 Å². The number of oxazole rings is 1. The zero-order valence-electron chi connectivity index (χ0n) is 20.0. The van der Waals surface area contributed by atoms with E-state index in [1.807, 2.05) is 54.6 Å². The number of aliphatic hydroxyl groups excluding tert-OH is 1. The number of nitrogens with zero attached hydrogens (tertiary/aromatic N) is 3. The highest BCUT2D eigenvalue weighted by Crippen LogP contribution is 2.40. The molecule has 0 bridgehead atoms. The first-order chi connectivity index (χ1) is 17.6. The van der Waals surface area contributed by atoms with E-state index in [0.717, 1.165) is 48.6 Å². The number of halogens is 1. The van der Waals surface area contributed by atoms with Crippen molar-refractivity contribution in [3.63, 3.8) is 0 Å². The first-order valence-electron chi connectivity index (χ1n) is 12.5. The van der Waals surface area contributed by atoms with Crippen molar-refractivity contribution in [1.82, 2.24) is 14.8 Å². The molecule has 36 heavy (non-hydrogen) atoms. The van der Waals surface area contributed by atoms with Gasteiger partial charge >= 0.3 is 0 Å². The summed E-state index contributed by atoms with van der Waals surface area (Å²) < 4.78 is 11.8. The first-order valence-corrected chi connectivity index (χ1v) is 12.9. The van der Waals surface area contributed by atoms with E-state index < -0.39 is 6.10 Å². The summed E-state index contributed by atoms with van der Waals surface area (Å²) in [4.78, 5) is 9.30. The molecule has 1 aliphatic carbocycles. The van der Waals surface area contributed by atoms with Crippen molar-refractivity contribution >= 4 is 22.7 Å². The molecule has 1 aromatic heterocycles. The van der Waals surface area contributed by atoms with Crippen LogP contribution in [0.4, 0.5) is 0 Å². The van der Waals surface area contributed by atoms with Crippen molar-refractivity contribution in [2.24, 2.45) is 0 Å². The Labute approximate surface area is 216 Å². The van der Waals surface area contributed by atoms with Crippen LogP contribution in [0.15, 0.2) is 71.1 Å². The molecule has 0 amide bonds. The molecule has 6 nitrogen and oxygen atoms in total. The molecule has 1 N–H and O–H groups in total. The summed E-state index contributed by atoms with van der Waals surface area (Å²) in [7, 11) is 0. The predicted octanol–water partition coefficient (Wildman–Crippen LogP) is 5.35. The van der Waals surface area contributed by atoms with Gasteiger partial charge in [0.05, 0.1) is 0 Å². The smallest absolute Gasteiger partial charge is 0.227 e. The van der Waals surface area contributed by atoms with E-state index in [4.69, 9.17) is 20.8 Å². The number of aromatic nitrogens is 1. The van der Waals surface area contributed by atoms with Crippen molar-refractivity contribution < 1.29 is 14.3 Å². The summed E-state index contributed by atoms with van der Waals surface area (Å²) in [6.45, 7) is 5.73. The van der Waals surface area contributed by atoms with Crippen molar-refractivity contribution in [2.45, 2.75) is 25.0 Å². The number of piperazine rings is 1. The lowest BCUT2D eigenvalue weighted by Gasteiger charge is -2.38. The maximum absolute atomic E-state index is 10.6. The highest BCUT2D eigenvalue weighted by molar-refractivity contribution is 6.31. The summed E-state index contributed by atoms with van der Waals surface area (Å²) in [5.41, 5.74) is 5.04. The maximum Gasteiger partial charge on any atom is 0.227 e. The van der Waals surface area contributed by atoms with E-state index in [1.54, 1.807) is 0 Å². The molecular weight excluding hydrogens is 474 g/mol. The number of fused-ring (bicyclic) bond motifs is 2. The second-order valence-electron chi connectivity index (χ2n) is 9.52. The van der Waals surface area contributed by atoms with Gasteiger partial charge in [-0.2, -0.15) is 0 Å². The third kappa shape index (κ3) is 4.87. The second kappa shape index (κ2) is 10.2. The number of benzene rings is 3. The molecule has 185 valence electrons. The van der Waals surface area contributed by atoms with Crippen molar-refractivity contribution in [2.75, 3.05) is 32.8 Å². The number of β-amino-alcohol motifs (C(OH)–C–C–N with tert-alkyl or cyclic N) is 1. The van der Waals surface area contributed by atoms with Gasteiger partial charge in [-0.25, -0.2) is 4.98 Å². The fraction of sp³-hybridized carbons (Fsp3) is 0.310. The molecule has 1 saturated heterocycles. The van der Waals surface area contributed by atoms with Gasteiger partial charge in [-0.15, -0.1) is 0 Å². The second-order valence-corrected chi connectivity index (χ2v) is 9.93. The lowest BCUT2D eigenvalue weighted by molar-refractivity contribution is 0.0497. The summed E-state index contributed by atoms with van der Waals surface area (Å²) in [6.07, 6.45) is 1.57. The van der Waals surface area contributed by atoms with Gasteiger partial charge in [0.15, 0.2) is 5.58 Å². The zero-order chi connectivity index (χ0) is 24.5. The Balaban J connectivity index is 1.000. The van der Waals surface area contributed by atoms with Gasteiger partial charge in [0, 0.05) is 55.4 Å². The average molecular weight is 503 g/mol. The van der Waals surface area contributed by atoms with E-state index in [0.29, 0.717) is 29.8 Å². The fourth-order valence-electron chi connectivity index (χ4n) is 5.29. The monoisotopic (exact) mass is 502 g/mol. The van der Waals surface area contributed by atoms with E-state index >= 15 is 0 Å². The van der Waals surface area contributed by atoms with E-state index in [2.05, 4.69) is 33.5 Å². The van der Waals surface area contributed by atoms with Crippen LogP contribution in [0.3, 0.4) is 0 Å². The first kappa shape index (κ1) is 23.5. The normalized spacial score (nSPS) is 19.4. The van der Waals surface area contributed by atoms with Crippen molar-refractivity contribution in [3.8, 4) is 17.2 Å². The number of hydrogen-bond donors (Lipinski definition) is 1. The summed E-state index contributed by atoms with van der Waals surface area (Å²) >= 11 is 6.40. The fourth-order valence-corrected chi connectivity index (χ4v) is 5.56. The van der Waals surface area contributed by atoms with Crippen LogP contribution in [0.5, 0.6) is 5.75 Å². The van der Waals surface area contributed by atoms with E-state index in [-0.39, 0.29) is 6.61 Å². The van der Waals surface area contributed by atoms with Crippen molar-refractivity contribution in [3.05, 3.63) is 89.4 Å². The van der Waals surface area contributed by atoms with E-state index in [1.165, 1.54) is 11.1 Å². The molecule has 4 aromatic rings. The Hall–Kier alpha value is -2.90. The third-order valence-electron chi connectivity index (χ3n) is 7.12. The van der Waals surface area contributed by atoms with E-state index in [9.17, 15) is 5.11 Å². The van der Waals surface area contributed by atoms with Gasteiger partial charge in [-0.3, -0.25) is 9.80 Å². The molecule has 1 fully saturated rings. The molecule has 7 heteroatoms. The van der Waals surface area contributed by atoms with Crippen LogP contribution < -0.4 is 4.74 Å². The number of hydrogen-bond acceptors (Lipinski definition) is 6. The molecule has 0 saturated carbocycles. The molecule has 2 atom stereocenters. The Bertz CT molecular complexity index is 1330. The Morgan fingerprint density at radius 3 is 2.81 bits per heavy atom. The van der Waals surface area contributed by atoms with Gasteiger partial charge in [-0.1, -0.05) is 41.9 Å². The number of rotatable bonds is 7. The summed E-state index contributed by atoms with van der Waals surface area (Å²) in [5.74, 6) is 1.26. The molecule has 6 rings (SSSR count). The molecule has 0 spiro atoms. The largest absolute Gasteiger partial charge is 0.491 e. The molecule has 1 aliphatic heterocycles. The molecule has 0 unspecified atom stereocenters. The molecular formula is C29H29ClN3O3. The summed E-state index contributed by atoms with van der Waals surface area (Å²) in [6, 6.07) is 22.0. The molecule has 1 radical (unpaired) electrons. The van der Waals surface area contributed by atoms with Crippen LogP contribution >= 0.6 is 11.6 Å². The number of aliphatic hydroxyl groups is 1. The third-order valence-corrected chi connectivity index (χ3v) is 7.48. The molecule has 2 heterocycles. The van der Waals surface area contributed by atoms with Crippen molar-refractivity contribution in [1.29, 1.82) is 0 Å². The highest BCUT2D eigenvalue weighted by Gasteiger charge is 2.31. The maximum atomic E-state index is 10.6. The SMILES string of the molecule is O[C@@H](COc1ccc2oc(-c3ccccc3)nc2c1)CN1C[CH]N([C@H]2CCc3c(Cl)cccc32)CC1. The average Bonchev–Trinajstić information content (AvgIpc) is 3.54. The van der Waals surface area contributed by atoms with Gasteiger partial charge in [0.25, 0.3) is 0 Å². The Morgan fingerprint density at radius 1 is 1.08 bits per heavy atom. The van der Waals surface area contributed by atoms with Gasteiger partial charge < -0.3 is 14.3 Å². The standard InChI is InChI=1S/C29H29ClN3O3/c30-25-8-4-7-24-23(25)10-11-27(24)33-15-13-32(14-16-33)18-21(34)19-35-22-9-12-28-26(17-22)31-29(36-28)20-5-2-1-3-6-20/h1-9,12,15,17,21,27,34H,10-11,13-14,16,18-19H2/t21-,27+/m1/s1. The zero-order valence-corrected chi connectivity index (χ0v) is 20.8. The predicted molar refractivity (Wildman–Crippen MR) is 141 cm³/mol. The quantitative estimate of drug-likeness (QED) is 0.367. The van der Waals surface area contributed by atoms with Crippen LogP contribution in [0.1, 0.15) is 23.6 Å². The highest BCUT2D eigenvalue weighted by atomic mass is 35.5. The minimum Gasteiger partial charge on any atom is -0.491 e. The Morgan fingerprint density at radius 2 is 1.97 bits per heavy atom. The lowest BCUT2D eigenvalue weighted by Crippen LogP contribution is -2.47. The van der Waals surface area contributed by atoms with Crippen LogP contribution in [-0.4, -0.2) is 58.8 Å². The minimum absolute atomic E-state index is 0.226. The lowest BCUT2D eigenvalue weighted by atomic mass is 10.1. The summed E-state index contributed by atoms with van der Waals surface area (Å²) in [5, 5.41) is 11.5. The van der Waals surface area contributed by atoms with Crippen LogP contribution in [-0.2, 0) is 6.42 Å². The van der Waals surface area contributed by atoms with Gasteiger partial charge in [0.2, 0.25) is 5.89 Å².